The standard InChI is InChI=1S/C19H28N4O4S2/c1-21(15-12-29(26,27)13-16(15)24)11-14-17(20-19-23(14)9-10-28-19)18(25)22-7-5-3-2-4-6-8-22/h9-10,15-16,24H,2-8,11-13H2,1H3/t15-,16-/m1/s1. The van der Waals surface area contributed by atoms with E-state index in [9.17, 15) is 18.3 Å². The molecule has 4 rings (SSSR count). The van der Waals surface area contributed by atoms with Crippen LogP contribution in [0.15, 0.2) is 11.6 Å². The van der Waals surface area contributed by atoms with Crippen LogP contribution in [-0.2, 0) is 16.4 Å². The van der Waals surface area contributed by atoms with Crippen LogP contribution >= 0.6 is 11.3 Å². The maximum absolute atomic E-state index is 13.3. The zero-order chi connectivity index (χ0) is 20.6. The van der Waals surface area contributed by atoms with Crippen LogP contribution in [0.25, 0.3) is 4.96 Å². The van der Waals surface area contributed by atoms with Gasteiger partial charge in [-0.2, -0.15) is 0 Å². The van der Waals surface area contributed by atoms with Crippen molar-refractivity contribution in [3.8, 4) is 0 Å². The van der Waals surface area contributed by atoms with Crippen LogP contribution in [0.4, 0.5) is 0 Å². The first kappa shape index (κ1) is 20.8. The normalized spacial score (nSPS) is 25.4. The number of carbonyl (C=O) groups is 1. The van der Waals surface area contributed by atoms with Gasteiger partial charge in [0.2, 0.25) is 0 Å². The lowest BCUT2D eigenvalue weighted by atomic mass is 10.1. The SMILES string of the molecule is CN(Cc1c(C(=O)N2CCCCCCC2)nc2sccn12)[C@@H]1CS(=O)(=O)C[C@H]1O. The van der Waals surface area contributed by atoms with Crippen molar-refractivity contribution in [2.75, 3.05) is 31.6 Å². The van der Waals surface area contributed by atoms with Crippen LogP contribution < -0.4 is 0 Å². The Hall–Kier alpha value is -1.49. The lowest BCUT2D eigenvalue weighted by Gasteiger charge is -2.27. The zero-order valence-electron chi connectivity index (χ0n) is 16.7. The molecule has 2 fully saturated rings. The number of aliphatic hydroxyl groups is 1. The largest absolute Gasteiger partial charge is 0.390 e. The minimum Gasteiger partial charge on any atom is -0.390 e. The molecule has 8 nitrogen and oxygen atoms in total. The van der Waals surface area contributed by atoms with Crippen LogP contribution in [0.1, 0.15) is 48.3 Å². The third kappa shape index (κ3) is 4.35. The van der Waals surface area contributed by atoms with E-state index in [1.165, 1.54) is 17.8 Å². The third-order valence-electron chi connectivity index (χ3n) is 5.97. The van der Waals surface area contributed by atoms with Crippen molar-refractivity contribution in [3.63, 3.8) is 0 Å². The van der Waals surface area contributed by atoms with Gasteiger partial charge in [-0.15, -0.1) is 11.3 Å². The molecule has 0 unspecified atom stereocenters. The summed E-state index contributed by atoms with van der Waals surface area (Å²) < 4.78 is 25.7. The molecule has 0 saturated carbocycles. The number of rotatable bonds is 4. The molecule has 2 saturated heterocycles. The predicted molar refractivity (Wildman–Crippen MR) is 112 cm³/mol. The van der Waals surface area contributed by atoms with Gasteiger partial charge in [0.15, 0.2) is 20.5 Å². The maximum Gasteiger partial charge on any atom is 0.274 e. The first-order valence-corrected chi connectivity index (χ1v) is 12.9. The average Bonchev–Trinajstić information content (AvgIpc) is 3.28. The molecule has 2 aliphatic heterocycles. The molecule has 4 heterocycles. The van der Waals surface area contributed by atoms with Crippen molar-refractivity contribution in [2.45, 2.75) is 50.8 Å². The molecule has 0 radical (unpaired) electrons. The number of sulfone groups is 1. The summed E-state index contributed by atoms with van der Waals surface area (Å²) in [4.78, 5) is 22.4. The highest BCUT2D eigenvalue weighted by atomic mass is 32.2. The van der Waals surface area contributed by atoms with E-state index in [-0.39, 0.29) is 17.4 Å². The first-order valence-electron chi connectivity index (χ1n) is 10.2. The number of fused-ring (bicyclic) bond motifs is 1. The molecule has 160 valence electrons. The predicted octanol–water partition coefficient (Wildman–Crippen LogP) is 1.39. The fraction of sp³-hybridized carbons (Fsp3) is 0.684. The number of likely N-dealkylation sites (tertiary alicyclic amines) is 1. The Morgan fingerprint density at radius 1 is 1.24 bits per heavy atom. The molecule has 0 aliphatic carbocycles. The summed E-state index contributed by atoms with van der Waals surface area (Å²) in [6.45, 7) is 1.85. The lowest BCUT2D eigenvalue weighted by molar-refractivity contribution is 0.0730. The summed E-state index contributed by atoms with van der Waals surface area (Å²) in [5.41, 5.74) is 1.20. The van der Waals surface area contributed by atoms with Gasteiger partial charge in [-0.05, 0) is 19.9 Å². The van der Waals surface area contributed by atoms with Crippen LogP contribution in [0.2, 0.25) is 0 Å². The molecular weight excluding hydrogens is 412 g/mol. The topological polar surface area (TPSA) is 95.2 Å². The highest BCUT2D eigenvalue weighted by Crippen LogP contribution is 2.24. The van der Waals surface area contributed by atoms with Crippen LogP contribution in [0.3, 0.4) is 0 Å². The van der Waals surface area contributed by atoms with E-state index in [0.717, 1.165) is 49.4 Å². The molecule has 2 aromatic rings. The lowest BCUT2D eigenvalue weighted by Crippen LogP contribution is -2.41. The number of hydrogen-bond donors (Lipinski definition) is 1. The summed E-state index contributed by atoms with van der Waals surface area (Å²) in [7, 11) is -1.44. The summed E-state index contributed by atoms with van der Waals surface area (Å²) in [6.07, 6.45) is 6.51. The molecule has 0 bridgehead atoms. The van der Waals surface area contributed by atoms with Gasteiger partial charge in [-0.1, -0.05) is 19.3 Å². The van der Waals surface area contributed by atoms with Crippen molar-refractivity contribution >= 4 is 32.0 Å². The molecule has 0 aromatic carbocycles. The highest BCUT2D eigenvalue weighted by molar-refractivity contribution is 7.91. The average molecular weight is 441 g/mol. The van der Waals surface area contributed by atoms with E-state index < -0.39 is 22.0 Å². The Labute approximate surface area is 175 Å². The van der Waals surface area contributed by atoms with Crippen molar-refractivity contribution < 1.29 is 18.3 Å². The minimum atomic E-state index is -3.24. The number of aromatic nitrogens is 2. The summed E-state index contributed by atoms with van der Waals surface area (Å²) in [5.74, 6) is -0.321. The van der Waals surface area contributed by atoms with Gasteiger partial charge >= 0.3 is 0 Å². The van der Waals surface area contributed by atoms with E-state index in [1.807, 2.05) is 25.8 Å². The number of thiazole rings is 1. The molecule has 2 aromatic heterocycles. The van der Waals surface area contributed by atoms with Crippen LogP contribution in [-0.4, -0.2) is 82.4 Å². The van der Waals surface area contributed by atoms with E-state index in [0.29, 0.717) is 12.2 Å². The molecule has 2 atom stereocenters. The number of hydrogen-bond acceptors (Lipinski definition) is 7. The van der Waals surface area contributed by atoms with Gasteiger partial charge in [0, 0.05) is 31.2 Å². The van der Waals surface area contributed by atoms with Crippen molar-refractivity contribution in [2.24, 2.45) is 0 Å². The summed E-state index contributed by atoms with van der Waals surface area (Å²) >= 11 is 1.47. The number of imidazole rings is 1. The molecule has 10 heteroatoms. The number of carbonyl (C=O) groups excluding carboxylic acids is 1. The Morgan fingerprint density at radius 3 is 2.59 bits per heavy atom. The number of aliphatic hydroxyl groups excluding tert-OH is 1. The molecule has 29 heavy (non-hydrogen) atoms. The van der Waals surface area contributed by atoms with Gasteiger partial charge in [0.25, 0.3) is 5.91 Å². The third-order valence-corrected chi connectivity index (χ3v) is 8.42. The molecule has 1 N–H and O–H groups in total. The van der Waals surface area contributed by atoms with Crippen molar-refractivity contribution in [1.29, 1.82) is 0 Å². The number of nitrogens with zero attached hydrogens (tertiary/aromatic N) is 4. The van der Waals surface area contributed by atoms with E-state index in [2.05, 4.69) is 4.98 Å². The van der Waals surface area contributed by atoms with Crippen molar-refractivity contribution in [3.05, 3.63) is 23.0 Å². The molecule has 0 spiro atoms. The molecular formula is C19H28N4O4S2. The highest BCUT2D eigenvalue weighted by Gasteiger charge is 2.39. The van der Waals surface area contributed by atoms with E-state index >= 15 is 0 Å². The fourth-order valence-electron chi connectivity index (χ4n) is 4.34. The van der Waals surface area contributed by atoms with Gasteiger partial charge in [-0.3, -0.25) is 14.1 Å². The Balaban J connectivity index is 1.60. The molecule has 2 aliphatic rings. The van der Waals surface area contributed by atoms with E-state index in [1.54, 1.807) is 7.05 Å². The van der Waals surface area contributed by atoms with Gasteiger partial charge in [0.1, 0.15) is 0 Å². The summed E-state index contributed by atoms with van der Waals surface area (Å²) in [6, 6.07) is -0.478. The van der Waals surface area contributed by atoms with Gasteiger partial charge < -0.3 is 10.0 Å². The number of amides is 1. The first-order chi connectivity index (χ1) is 13.9. The van der Waals surface area contributed by atoms with Crippen LogP contribution in [0.5, 0.6) is 0 Å². The minimum absolute atomic E-state index is 0.0502. The zero-order valence-corrected chi connectivity index (χ0v) is 18.3. The second kappa shape index (κ2) is 8.33. The Bertz CT molecular complexity index is 976. The quantitative estimate of drug-likeness (QED) is 0.772. The van der Waals surface area contributed by atoms with Crippen molar-refractivity contribution in [1.82, 2.24) is 19.2 Å². The fourth-order valence-corrected chi connectivity index (χ4v) is 6.95. The summed E-state index contributed by atoms with van der Waals surface area (Å²) in [5, 5.41) is 12.1. The Kier molecular flexibility index (Phi) is 5.97. The second-order valence-electron chi connectivity index (χ2n) is 8.15. The van der Waals surface area contributed by atoms with Gasteiger partial charge in [0.05, 0.1) is 29.3 Å². The van der Waals surface area contributed by atoms with Gasteiger partial charge in [-0.25, -0.2) is 13.4 Å². The van der Waals surface area contributed by atoms with E-state index in [4.69, 9.17) is 0 Å². The Morgan fingerprint density at radius 2 is 1.93 bits per heavy atom. The molecule has 1 amide bonds. The van der Waals surface area contributed by atoms with Crippen LogP contribution in [0, 0.1) is 0 Å². The monoisotopic (exact) mass is 440 g/mol. The smallest absolute Gasteiger partial charge is 0.274 e. The second-order valence-corrected chi connectivity index (χ2v) is 11.2. The maximum atomic E-state index is 13.3. The number of likely N-dealkylation sites (N-methyl/N-ethyl adjacent to an activating group) is 1.